The van der Waals surface area contributed by atoms with Gasteiger partial charge in [0.2, 0.25) is 5.91 Å². The van der Waals surface area contributed by atoms with Gasteiger partial charge in [-0.15, -0.1) is 23.7 Å². The van der Waals surface area contributed by atoms with Gasteiger partial charge in [0.25, 0.3) is 0 Å². The minimum Gasteiger partial charge on any atom is -0.508 e. The molecule has 0 spiro atoms. The number of rotatable bonds is 6. The highest BCUT2D eigenvalue weighted by Crippen LogP contribution is 2.38. The summed E-state index contributed by atoms with van der Waals surface area (Å²) in [6.45, 7) is 6.73. The first-order valence-corrected chi connectivity index (χ1v) is 11.9. The van der Waals surface area contributed by atoms with Crippen molar-refractivity contribution in [2.75, 3.05) is 4.90 Å². The van der Waals surface area contributed by atoms with Gasteiger partial charge in [-0.05, 0) is 60.9 Å². The van der Waals surface area contributed by atoms with Crippen molar-refractivity contribution >= 4 is 35.3 Å². The summed E-state index contributed by atoms with van der Waals surface area (Å²) in [6, 6.07) is 9.50. The van der Waals surface area contributed by atoms with Gasteiger partial charge in [0.1, 0.15) is 5.75 Å². The lowest BCUT2D eigenvalue weighted by atomic mass is 9.81. The molecule has 5 nitrogen and oxygen atoms in total. The third-order valence-electron chi connectivity index (χ3n) is 5.94. The zero-order chi connectivity index (χ0) is 22.0. The van der Waals surface area contributed by atoms with Gasteiger partial charge in [-0.3, -0.25) is 9.78 Å². The summed E-state index contributed by atoms with van der Waals surface area (Å²) in [5, 5.41) is 13.4. The topological polar surface area (TPSA) is 66.3 Å². The first-order chi connectivity index (χ1) is 15.0. The Kier molecular flexibility index (Phi) is 7.91. The first kappa shape index (κ1) is 24.2. The van der Waals surface area contributed by atoms with Crippen molar-refractivity contribution in [1.82, 2.24) is 9.97 Å². The van der Waals surface area contributed by atoms with Gasteiger partial charge in [0.15, 0.2) is 0 Å². The molecule has 1 aromatic carbocycles. The number of aromatic nitrogens is 2. The molecule has 170 valence electrons. The molecule has 4 rings (SSSR count). The zero-order valence-electron chi connectivity index (χ0n) is 18.7. The smallest absolute Gasteiger partial charge is 0.234 e. The minimum absolute atomic E-state index is 0. The van der Waals surface area contributed by atoms with Crippen LogP contribution in [0, 0.1) is 0 Å². The number of halogens is 1. The summed E-state index contributed by atoms with van der Waals surface area (Å²) >= 11 is 1.63. The van der Waals surface area contributed by atoms with Crippen LogP contribution in [0.2, 0.25) is 0 Å². The summed E-state index contributed by atoms with van der Waals surface area (Å²) < 4.78 is 0. The van der Waals surface area contributed by atoms with E-state index in [0.29, 0.717) is 12.5 Å². The van der Waals surface area contributed by atoms with Gasteiger partial charge >= 0.3 is 0 Å². The van der Waals surface area contributed by atoms with E-state index in [1.165, 1.54) is 0 Å². The molecule has 1 aliphatic rings. The Balaban J connectivity index is 0.00000289. The molecule has 1 amide bonds. The van der Waals surface area contributed by atoms with E-state index in [4.69, 9.17) is 4.98 Å². The van der Waals surface area contributed by atoms with Crippen molar-refractivity contribution in [3.63, 3.8) is 0 Å². The number of aryl methyl sites for hydroxylation is 1. The molecule has 1 unspecified atom stereocenters. The summed E-state index contributed by atoms with van der Waals surface area (Å²) in [6.07, 6.45) is 5.16. The van der Waals surface area contributed by atoms with Crippen molar-refractivity contribution in [3.05, 3.63) is 69.4 Å². The third-order valence-corrected chi connectivity index (χ3v) is 6.98. The average molecular weight is 472 g/mol. The van der Waals surface area contributed by atoms with Gasteiger partial charge in [-0.25, -0.2) is 4.98 Å². The van der Waals surface area contributed by atoms with Gasteiger partial charge in [0, 0.05) is 11.1 Å². The van der Waals surface area contributed by atoms with E-state index in [9.17, 15) is 9.90 Å². The molecule has 0 aliphatic heterocycles. The first-order valence-electron chi connectivity index (χ1n) is 11.0. The van der Waals surface area contributed by atoms with Crippen molar-refractivity contribution in [2.45, 2.75) is 64.8 Å². The van der Waals surface area contributed by atoms with E-state index in [0.717, 1.165) is 58.9 Å². The van der Waals surface area contributed by atoms with Gasteiger partial charge in [-0.1, -0.05) is 32.9 Å². The van der Waals surface area contributed by atoms with Crippen LogP contribution in [0.5, 0.6) is 5.75 Å². The third kappa shape index (κ3) is 4.97. The predicted molar refractivity (Wildman–Crippen MR) is 132 cm³/mol. The maximum absolute atomic E-state index is 13.9. The van der Waals surface area contributed by atoms with Crippen molar-refractivity contribution in [2.24, 2.45) is 0 Å². The Morgan fingerprint density at radius 1 is 1.28 bits per heavy atom. The van der Waals surface area contributed by atoms with Crippen LogP contribution in [0.3, 0.4) is 0 Å². The van der Waals surface area contributed by atoms with E-state index in [-0.39, 0.29) is 30.0 Å². The molecule has 1 N–H and O–H groups in total. The SMILES string of the molecule is CCc1nc(CN(C(=O)C2CCCc3c(O)cccc32)c2ccc(C(C)C)nc2)cs1.Cl. The Morgan fingerprint density at radius 2 is 2.09 bits per heavy atom. The number of hydrogen-bond donors (Lipinski definition) is 1. The number of phenols is 1. The molecule has 0 fully saturated rings. The second-order valence-electron chi connectivity index (χ2n) is 8.40. The molecule has 0 saturated carbocycles. The van der Waals surface area contributed by atoms with Gasteiger partial charge in [0.05, 0.1) is 35.0 Å². The highest BCUT2D eigenvalue weighted by molar-refractivity contribution is 7.09. The second kappa shape index (κ2) is 10.5. The summed E-state index contributed by atoms with van der Waals surface area (Å²) in [4.78, 5) is 25.0. The molecule has 7 heteroatoms. The standard InChI is InChI=1S/C25H29N3O2S.ClH/c1-4-24-27-17(15-31-24)14-28(18-11-12-22(16(2)3)26-13-18)25(30)21-9-5-8-20-19(21)7-6-10-23(20)29;/h6-7,10-13,15-16,21,29H,4-5,8-9,14H2,1-3H3;1H. The largest absolute Gasteiger partial charge is 0.508 e. The number of thiazole rings is 1. The number of fused-ring (bicyclic) bond motifs is 1. The zero-order valence-corrected chi connectivity index (χ0v) is 20.4. The maximum atomic E-state index is 13.9. The summed E-state index contributed by atoms with van der Waals surface area (Å²) in [7, 11) is 0. The molecule has 0 bridgehead atoms. The van der Waals surface area contributed by atoms with E-state index in [2.05, 4.69) is 25.8 Å². The summed E-state index contributed by atoms with van der Waals surface area (Å²) in [5.74, 6) is 0.384. The fourth-order valence-electron chi connectivity index (χ4n) is 4.22. The number of pyridine rings is 1. The Labute approximate surface area is 200 Å². The number of amides is 1. The Bertz CT molecular complexity index is 1070. The lowest BCUT2D eigenvalue weighted by molar-refractivity contribution is -0.120. The van der Waals surface area contributed by atoms with E-state index >= 15 is 0 Å². The molecular weight excluding hydrogens is 442 g/mol. The quantitative estimate of drug-likeness (QED) is 0.478. The number of phenolic OH excluding ortho intramolecular Hbond substituents is 1. The minimum atomic E-state index is -0.273. The van der Waals surface area contributed by atoms with Gasteiger partial charge in [-0.2, -0.15) is 0 Å². The number of nitrogens with zero attached hydrogens (tertiary/aromatic N) is 3. The molecule has 3 aromatic rings. The van der Waals surface area contributed by atoms with Crippen LogP contribution in [0.15, 0.2) is 41.9 Å². The van der Waals surface area contributed by atoms with E-state index < -0.39 is 0 Å². The highest BCUT2D eigenvalue weighted by atomic mass is 35.5. The van der Waals surface area contributed by atoms with Gasteiger partial charge < -0.3 is 10.0 Å². The summed E-state index contributed by atoms with van der Waals surface area (Å²) in [5.41, 5.74) is 4.54. The highest BCUT2D eigenvalue weighted by Gasteiger charge is 2.32. The number of aromatic hydroxyl groups is 1. The predicted octanol–water partition coefficient (Wildman–Crippen LogP) is 6.00. The van der Waals surface area contributed by atoms with Crippen LogP contribution >= 0.6 is 23.7 Å². The molecule has 2 aromatic heterocycles. The molecule has 1 aliphatic carbocycles. The molecule has 0 radical (unpaired) electrons. The van der Waals surface area contributed by atoms with Crippen LogP contribution in [-0.2, 0) is 24.2 Å². The van der Waals surface area contributed by atoms with Crippen LogP contribution in [0.1, 0.15) is 73.0 Å². The monoisotopic (exact) mass is 471 g/mol. The van der Waals surface area contributed by atoms with Crippen molar-refractivity contribution in [3.8, 4) is 5.75 Å². The van der Waals surface area contributed by atoms with Crippen LogP contribution in [0.25, 0.3) is 0 Å². The molecular formula is C25H30ClN3O2S. The lowest BCUT2D eigenvalue weighted by Gasteiger charge is -2.31. The number of hydrogen-bond acceptors (Lipinski definition) is 5. The number of benzene rings is 1. The number of carbonyl (C=O) groups is 1. The van der Waals surface area contributed by atoms with Crippen LogP contribution < -0.4 is 4.90 Å². The maximum Gasteiger partial charge on any atom is 0.234 e. The Morgan fingerprint density at radius 3 is 2.75 bits per heavy atom. The average Bonchev–Trinajstić information content (AvgIpc) is 3.25. The van der Waals surface area contributed by atoms with Crippen molar-refractivity contribution < 1.29 is 9.90 Å². The second-order valence-corrected chi connectivity index (χ2v) is 9.34. The molecule has 2 heterocycles. The Hall–Kier alpha value is -2.44. The fraction of sp³-hybridized carbons (Fsp3) is 0.400. The molecule has 32 heavy (non-hydrogen) atoms. The lowest BCUT2D eigenvalue weighted by Crippen LogP contribution is -2.36. The van der Waals surface area contributed by atoms with E-state index in [1.807, 2.05) is 34.5 Å². The number of anilines is 1. The molecule has 1 atom stereocenters. The van der Waals surface area contributed by atoms with Crippen LogP contribution in [-0.4, -0.2) is 21.0 Å². The van der Waals surface area contributed by atoms with Crippen molar-refractivity contribution in [1.29, 1.82) is 0 Å². The molecule has 0 saturated heterocycles. The number of carbonyl (C=O) groups excluding carboxylic acids is 1. The normalized spacial score (nSPS) is 15.2. The van der Waals surface area contributed by atoms with E-state index in [1.54, 1.807) is 23.6 Å². The fourth-order valence-corrected chi connectivity index (χ4v) is 4.95. The van der Waals surface area contributed by atoms with Crippen LogP contribution in [0.4, 0.5) is 5.69 Å².